The Morgan fingerprint density at radius 2 is 1.59 bits per heavy atom. The molecule has 0 saturated heterocycles. The molecule has 0 aliphatic heterocycles. The van der Waals surface area contributed by atoms with Crippen LogP contribution in [0.2, 0.25) is 19.6 Å². The highest BCUT2D eigenvalue weighted by molar-refractivity contribution is 6.88. The molecule has 0 unspecified atom stereocenters. The summed E-state index contributed by atoms with van der Waals surface area (Å²) in [5, 5.41) is 1.55. The lowest BCUT2D eigenvalue weighted by Gasteiger charge is -2.19. The van der Waals surface area contributed by atoms with Crippen LogP contribution >= 0.6 is 0 Å². The average molecular weight is 313 g/mol. The van der Waals surface area contributed by atoms with E-state index in [0.717, 1.165) is 0 Å². The third kappa shape index (κ3) is 3.32. The van der Waals surface area contributed by atoms with E-state index in [9.17, 15) is 0 Å². The van der Waals surface area contributed by atoms with Crippen molar-refractivity contribution in [2.24, 2.45) is 7.05 Å². The molecule has 0 N–H and O–H groups in total. The van der Waals surface area contributed by atoms with E-state index in [1.165, 1.54) is 27.9 Å². The first-order chi connectivity index (χ1) is 10.1. The molecule has 22 heavy (non-hydrogen) atoms. The van der Waals surface area contributed by atoms with E-state index >= 15 is 0 Å². The fourth-order valence-corrected chi connectivity index (χ4v) is 4.91. The monoisotopic (exact) mass is 312 g/mol. The van der Waals surface area contributed by atoms with E-state index in [1.807, 2.05) is 0 Å². The van der Waals surface area contributed by atoms with Gasteiger partial charge in [0.2, 0.25) is 5.69 Å². The van der Waals surface area contributed by atoms with Crippen LogP contribution in [0.25, 0.3) is 11.3 Å². The van der Waals surface area contributed by atoms with Crippen molar-refractivity contribution < 1.29 is 4.57 Å². The predicted octanol–water partition coefficient (Wildman–Crippen LogP) is 4.46. The molecular formula is C20H30NSi+. The molecule has 1 heterocycles. The van der Waals surface area contributed by atoms with Crippen LogP contribution in [-0.4, -0.2) is 8.07 Å². The van der Waals surface area contributed by atoms with Gasteiger partial charge in [-0.2, -0.15) is 0 Å². The Balaban J connectivity index is 2.64. The van der Waals surface area contributed by atoms with Crippen molar-refractivity contribution in [3.05, 3.63) is 47.2 Å². The van der Waals surface area contributed by atoms with Crippen LogP contribution in [0.1, 0.15) is 36.5 Å². The zero-order valence-corrected chi connectivity index (χ0v) is 16.4. The van der Waals surface area contributed by atoms with Crippen molar-refractivity contribution in [3.63, 3.8) is 0 Å². The molecule has 0 spiro atoms. The second kappa shape index (κ2) is 6.00. The third-order valence-corrected chi connectivity index (χ3v) is 6.63. The summed E-state index contributed by atoms with van der Waals surface area (Å²) in [4.78, 5) is 0. The summed E-state index contributed by atoms with van der Waals surface area (Å²) < 4.78 is 2.31. The molecular weight excluding hydrogens is 282 g/mol. The normalized spacial score (nSPS) is 12.0. The quantitative estimate of drug-likeness (QED) is 0.582. The van der Waals surface area contributed by atoms with Crippen LogP contribution in [0.4, 0.5) is 0 Å². The molecule has 1 nitrogen and oxygen atoms in total. The maximum absolute atomic E-state index is 2.42. The third-order valence-electron chi connectivity index (χ3n) is 4.49. The van der Waals surface area contributed by atoms with Crippen molar-refractivity contribution in [1.82, 2.24) is 0 Å². The summed E-state index contributed by atoms with van der Waals surface area (Å²) in [6.07, 6.45) is 2.36. The number of hydrogen-bond donors (Lipinski definition) is 0. The molecule has 0 aliphatic carbocycles. The number of hydrogen-bond acceptors (Lipinski definition) is 0. The first kappa shape index (κ1) is 16.9. The van der Waals surface area contributed by atoms with Crippen molar-refractivity contribution in [1.29, 1.82) is 0 Å². The summed E-state index contributed by atoms with van der Waals surface area (Å²) >= 11 is 0. The highest BCUT2D eigenvalue weighted by atomic mass is 28.3. The van der Waals surface area contributed by atoms with Gasteiger partial charge in [-0.3, -0.25) is 0 Å². The Morgan fingerprint density at radius 3 is 2.14 bits per heavy atom. The molecule has 1 aromatic heterocycles. The van der Waals surface area contributed by atoms with E-state index < -0.39 is 8.07 Å². The minimum atomic E-state index is -1.30. The van der Waals surface area contributed by atoms with Gasteiger partial charge in [-0.1, -0.05) is 45.6 Å². The summed E-state index contributed by atoms with van der Waals surface area (Å²) in [7, 11) is 0.884. The topological polar surface area (TPSA) is 3.88 Å². The average Bonchev–Trinajstić information content (AvgIpc) is 2.40. The van der Waals surface area contributed by atoms with E-state index in [0.29, 0.717) is 5.92 Å². The van der Waals surface area contributed by atoms with Crippen molar-refractivity contribution in [2.75, 3.05) is 0 Å². The van der Waals surface area contributed by atoms with Crippen LogP contribution < -0.4 is 9.75 Å². The Labute approximate surface area is 137 Å². The van der Waals surface area contributed by atoms with E-state index in [2.05, 4.69) is 89.4 Å². The molecule has 0 bridgehead atoms. The SMILES string of the molecule is Cc1ccc(C(C)C)cc1-c1cc(C)c([Si](C)(C)C)c[n+]1C. The van der Waals surface area contributed by atoms with Crippen molar-refractivity contribution in [2.45, 2.75) is 53.3 Å². The predicted molar refractivity (Wildman–Crippen MR) is 99.6 cm³/mol. The molecule has 118 valence electrons. The second-order valence-corrected chi connectivity index (χ2v) is 12.9. The lowest BCUT2D eigenvalue weighted by molar-refractivity contribution is -0.659. The number of aromatic nitrogens is 1. The maximum atomic E-state index is 2.42. The first-order valence-corrected chi connectivity index (χ1v) is 11.7. The molecule has 0 atom stereocenters. The molecule has 2 rings (SSSR count). The van der Waals surface area contributed by atoms with Crippen LogP contribution in [0.15, 0.2) is 30.5 Å². The number of benzene rings is 1. The van der Waals surface area contributed by atoms with Crippen molar-refractivity contribution in [3.8, 4) is 11.3 Å². The van der Waals surface area contributed by atoms with E-state index in [1.54, 1.807) is 5.19 Å². The summed E-state index contributed by atoms with van der Waals surface area (Å²) in [5.41, 5.74) is 6.87. The summed E-state index contributed by atoms with van der Waals surface area (Å²) in [6, 6.07) is 9.25. The lowest BCUT2D eigenvalue weighted by Crippen LogP contribution is -2.46. The Hall–Kier alpha value is -1.41. The van der Waals surface area contributed by atoms with E-state index in [4.69, 9.17) is 0 Å². The fraction of sp³-hybridized carbons (Fsp3) is 0.450. The highest BCUT2D eigenvalue weighted by Gasteiger charge is 2.24. The van der Waals surface area contributed by atoms with Crippen LogP contribution in [0, 0.1) is 13.8 Å². The Morgan fingerprint density at radius 1 is 0.955 bits per heavy atom. The van der Waals surface area contributed by atoms with Gasteiger partial charge in [0.05, 0.1) is 8.07 Å². The molecule has 0 radical (unpaired) electrons. The molecule has 0 amide bonds. The minimum Gasteiger partial charge on any atom is -0.201 e. The molecule has 2 aromatic rings. The number of aryl methyl sites for hydroxylation is 3. The van der Waals surface area contributed by atoms with Gasteiger partial charge in [0, 0.05) is 16.8 Å². The Kier molecular flexibility index (Phi) is 4.62. The van der Waals surface area contributed by atoms with Gasteiger partial charge in [-0.25, -0.2) is 4.57 Å². The van der Waals surface area contributed by atoms with Gasteiger partial charge in [0.25, 0.3) is 0 Å². The highest BCUT2D eigenvalue weighted by Crippen LogP contribution is 2.26. The Bertz CT molecular complexity index is 694. The summed E-state index contributed by atoms with van der Waals surface area (Å²) in [6.45, 7) is 16.2. The summed E-state index contributed by atoms with van der Waals surface area (Å²) in [5.74, 6) is 0.562. The smallest absolute Gasteiger partial charge is 0.201 e. The maximum Gasteiger partial charge on any atom is 0.212 e. The molecule has 0 aliphatic rings. The molecule has 2 heteroatoms. The number of nitrogens with zero attached hydrogens (tertiary/aromatic N) is 1. The zero-order valence-electron chi connectivity index (χ0n) is 15.4. The number of pyridine rings is 1. The van der Waals surface area contributed by atoms with Gasteiger partial charge in [-0.05, 0) is 42.5 Å². The first-order valence-electron chi connectivity index (χ1n) is 8.23. The van der Waals surface area contributed by atoms with E-state index in [-0.39, 0.29) is 0 Å². The molecule has 0 saturated carbocycles. The second-order valence-electron chi connectivity index (χ2n) is 7.85. The van der Waals surface area contributed by atoms with Gasteiger partial charge in [0.1, 0.15) is 7.05 Å². The largest absolute Gasteiger partial charge is 0.212 e. The minimum absolute atomic E-state index is 0.562. The molecule has 1 aromatic carbocycles. The van der Waals surface area contributed by atoms with Crippen molar-refractivity contribution >= 4 is 13.3 Å². The van der Waals surface area contributed by atoms with Crippen LogP contribution in [-0.2, 0) is 7.05 Å². The van der Waals surface area contributed by atoms with Gasteiger partial charge in [0.15, 0.2) is 6.20 Å². The van der Waals surface area contributed by atoms with Gasteiger partial charge in [-0.15, -0.1) is 0 Å². The van der Waals surface area contributed by atoms with Crippen LogP contribution in [0.3, 0.4) is 0 Å². The zero-order chi connectivity index (χ0) is 16.7. The van der Waals surface area contributed by atoms with Crippen LogP contribution in [0.5, 0.6) is 0 Å². The molecule has 0 fully saturated rings. The fourth-order valence-electron chi connectivity index (χ4n) is 3.08. The number of rotatable bonds is 3. The lowest BCUT2D eigenvalue weighted by atomic mass is 9.95. The standard InChI is InChI=1S/C20H30NSi/c1-14(2)17-10-9-15(3)18(12-17)19-11-16(4)20(13-21(19)5)22(6,7)8/h9-14H,1-8H3/q+1. The van der Waals surface area contributed by atoms with Gasteiger partial charge < -0.3 is 0 Å². The van der Waals surface area contributed by atoms with Gasteiger partial charge >= 0.3 is 0 Å².